The van der Waals surface area contributed by atoms with Crippen LogP contribution in [0.3, 0.4) is 0 Å². The molecule has 2 N–H and O–H groups in total. The Morgan fingerprint density at radius 1 is 1.18 bits per heavy atom. The molecule has 202 valence electrons. The van der Waals surface area contributed by atoms with E-state index in [1.54, 1.807) is 31.5 Å². The fourth-order valence-electron chi connectivity index (χ4n) is 4.18. The van der Waals surface area contributed by atoms with Gasteiger partial charge in [-0.15, -0.1) is 21.5 Å². The Bertz CT molecular complexity index is 1340. The molecule has 1 aliphatic carbocycles. The molecule has 0 saturated carbocycles. The number of anilines is 1. The van der Waals surface area contributed by atoms with E-state index in [2.05, 4.69) is 20.8 Å². The molecule has 1 unspecified atom stereocenters. The third kappa shape index (κ3) is 6.24. The number of amides is 2. The van der Waals surface area contributed by atoms with E-state index in [0.29, 0.717) is 21.5 Å². The van der Waals surface area contributed by atoms with Gasteiger partial charge in [-0.2, -0.15) is 0 Å². The highest BCUT2D eigenvalue weighted by Gasteiger charge is 2.28. The number of thioether (sulfide) groups is 1. The van der Waals surface area contributed by atoms with Crippen LogP contribution in [0.4, 0.5) is 9.39 Å². The summed E-state index contributed by atoms with van der Waals surface area (Å²) in [5.74, 6) is -1.38. The number of benzene rings is 1. The summed E-state index contributed by atoms with van der Waals surface area (Å²) in [5.41, 5.74) is 1.42. The standard InChI is InChI=1S/C26H30FN5O4S2/c1-4-36-25(35)21-17-11-6-5-7-13-19(17)38-24(21)29-22(33)15(2)37-26-31-30-20(32(26)3)14-28-23(34)16-10-8-9-12-18(16)27/h8-10,12,15H,4-7,11,13-14H2,1-3H3,(H,28,34)(H,29,33). The Morgan fingerprint density at radius 2 is 1.95 bits per heavy atom. The lowest BCUT2D eigenvalue weighted by molar-refractivity contribution is -0.115. The Morgan fingerprint density at radius 3 is 2.71 bits per heavy atom. The number of thiophene rings is 1. The molecule has 1 atom stereocenters. The molecule has 2 heterocycles. The highest BCUT2D eigenvalue weighted by atomic mass is 32.2. The van der Waals surface area contributed by atoms with Crippen LogP contribution in [-0.2, 0) is 36.0 Å². The molecular weight excluding hydrogens is 529 g/mol. The van der Waals surface area contributed by atoms with Crippen LogP contribution in [0.1, 0.15) is 70.1 Å². The van der Waals surface area contributed by atoms with Crippen molar-refractivity contribution in [1.82, 2.24) is 20.1 Å². The molecule has 2 aromatic heterocycles. The molecule has 0 fully saturated rings. The molecule has 4 rings (SSSR count). The van der Waals surface area contributed by atoms with Gasteiger partial charge >= 0.3 is 5.97 Å². The van der Waals surface area contributed by atoms with Crippen LogP contribution in [0.25, 0.3) is 0 Å². The second-order valence-electron chi connectivity index (χ2n) is 8.86. The molecule has 3 aromatic rings. The summed E-state index contributed by atoms with van der Waals surface area (Å²) in [6.07, 6.45) is 4.87. The zero-order chi connectivity index (χ0) is 27.2. The van der Waals surface area contributed by atoms with E-state index in [4.69, 9.17) is 4.74 Å². The number of aryl methyl sites for hydroxylation is 1. The number of carbonyl (C=O) groups excluding carboxylic acids is 3. The smallest absolute Gasteiger partial charge is 0.341 e. The maximum absolute atomic E-state index is 13.9. The first-order valence-electron chi connectivity index (χ1n) is 12.5. The van der Waals surface area contributed by atoms with Crippen molar-refractivity contribution in [3.05, 3.63) is 57.5 Å². The lowest BCUT2D eigenvalue weighted by Crippen LogP contribution is -2.25. The highest BCUT2D eigenvalue weighted by Crippen LogP contribution is 2.38. The SMILES string of the molecule is CCOC(=O)c1c(NC(=O)C(C)Sc2nnc(CNC(=O)c3ccccc3F)n2C)sc2c1CCCCC2. The summed E-state index contributed by atoms with van der Waals surface area (Å²) >= 11 is 2.66. The van der Waals surface area contributed by atoms with Gasteiger partial charge in [0.2, 0.25) is 5.91 Å². The second kappa shape index (κ2) is 12.5. The molecule has 0 radical (unpaired) electrons. The number of hydrogen-bond donors (Lipinski definition) is 2. The maximum atomic E-state index is 13.9. The van der Waals surface area contributed by atoms with Gasteiger partial charge in [0.05, 0.1) is 29.5 Å². The lowest BCUT2D eigenvalue weighted by Gasteiger charge is -2.12. The average molecular weight is 560 g/mol. The van der Waals surface area contributed by atoms with Gasteiger partial charge < -0.3 is 19.9 Å². The number of fused-ring (bicyclic) bond motifs is 1. The van der Waals surface area contributed by atoms with Gasteiger partial charge in [0.25, 0.3) is 5.91 Å². The van der Waals surface area contributed by atoms with Crippen molar-refractivity contribution in [3.8, 4) is 0 Å². The molecular formula is C26H30FN5O4S2. The number of halogens is 1. The minimum Gasteiger partial charge on any atom is -0.462 e. The van der Waals surface area contributed by atoms with E-state index in [-0.39, 0.29) is 24.6 Å². The van der Waals surface area contributed by atoms with Crippen molar-refractivity contribution in [2.45, 2.75) is 62.9 Å². The molecule has 2 amide bonds. The minimum absolute atomic E-state index is 0.0431. The van der Waals surface area contributed by atoms with Crippen LogP contribution in [0.2, 0.25) is 0 Å². The maximum Gasteiger partial charge on any atom is 0.341 e. The van der Waals surface area contributed by atoms with Crippen molar-refractivity contribution in [3.63, 3.8) is 0 Å². The van der Waals surface area contributed by atoms with E-state index < -0.39 is 22.9 Å². The van der Waals surface area contributed by atoms with Crippen molar-refractivity contribution < 1.29 is 23.5 Å². The van der Waals surface area contributed by atoms with E-state index in [0.717, 1.165) is 42.5 Å². The number of rotatable bonds is 9. The molecule has 0 aliphatic heterocycles. The molecule has 0 saturated heterocycles. The fraction of sp³-hybridized carbons (Fsp3) is 0.423. The first-order chi connectivity index (χ1) is 18.3. The minimum atomic E-state index is -0.604. The predicted molar refractivity (Wildman–Crippen MR) is 144 cm³/mol. The van der Waals surface area contributed by atoms with Crippen molar-refractivity contribution in [1.29, 1.82) is 0 Å². The Balaban J connectivity index is 1.41. The molecule has 1 aliphatic rings. The van der Waals surface area contributed by atoms with Crippen LogP contribution < -0.4 is 10.6 Å². The number of aromatic nitrogens is 3. The molecule has 12 heteroatoms. The quantitative estimate of drug-likeness (QED) is 0.225. The molecule has 0 bridgehead atoms. The summed E-state index contributed by atoms with van der Waals surface area (Å²) in [7, 11) is 1.73. The van der Waals surface area contributed by atoms with Crippen molar-refractivity contribution in [2.75, 3.05) is 11.9 Å². The monoisotopic (exact) mass is 559 g/mol. The van der Waals surface area contributed by atoms with E-state index >= 15 is 0 Å². The third-order valence-electron chi connectivity index (χ3n) is 6.24. The van der Waals surface area contributed by atoms with Crippen molar-refractivity contribution >= 4 is 45.9 Å². The zero-order valence-corrected chi connectivity index (χ0v) is 23.1. The van der Waals surface area contributed by atoms with Gasteiger partial charge in [-0.05, 0) is 57.2 Å². The average Bonchev–Trinajstić information content (AvgIpc) is 3.32. The largest absolute Gasteiger partial charge is 0.462 e. The van der Waals surface area contributed by atoms with E-state index in [1.165, 1.54) is 41.3 Å². The normalized spacial score (nSPS) is 13.8. The van der Waals surface area contributed by atoms with Crippen LogP contribution >= 0.6 is 23.1 Å². The van der Waals surface area contributed by atoms with Crippen LogP contribution in [-0.4, -0.2) is 44.4 Å². The highest BCUT2D eigenvalue weighted by molar-refractivity contribution is 8.00. The summed E-state index contributed by atoms with van der Waals surface area (Å²) in [6, 6.07) is 5.73. The van der Waals surface area contributed by atoms with E-state index in [9.17, 15) is 18.8 Å². The summed E-state index contributed by atoms with van der Waals surface area (Å²) in [6.45, 7) is 3.82. The summed E-state index contributed by atoms with van der Waals surface area (Å²) < 4.78 is 20.8. The number of carbonyl (C=O) groups is 3. The topological polar surface area (TPSA) is 115 Å². The lowest BCUT2D eigenvalue weighted by atomic mass is 10.1. The van der Waals surface area contributed by atoms with Crippen LogP contribution in [0.5, 0.6) is 0 Å². The number of esters is 1. The van der Waals surface area contributed by atoms with Gasteiger partial charge in [0.1, 0.15) is 10.8 Å². The summed E-state index contributed by atoms with van der Waals surface area (Å²) in [4.78, 5) is 39.3. The second-order valence-corrected chi connectivity index (χ2v) is 11.3. The zero-order valence-electron chi connectivity index (χ0n) is 21.5. The van der Waals surface area contributed by atoms with E-state index in [1.807, 2.05) is 0 Å². The van der Waals surface area contributed by atoms with Gasteiger partial charge in [-0.25, -0.2) is 9.18 Å². The molecule has 0 spiro atoms. The van der Waals surface area contributed by atoms with Crippen molar-refractivity contribution in [2.24, 2.45) is 7.05 Å². The molecule has 1 aromatic carbocycles. The Kier molecular flexibility index (Phi) is 9.16. The number of hydrogen-bond acceptors (Lipinski definition) is 8. The number of nitrogens with one attached hydrogen (secondary N) is 2. The van der Waals surface area contributed by atoms with Gasteiger partial charge in [0.15, 0.2) is 11.0 Å². The first-order valence-corrected chi connectivity index (χ1v) is 14.2. The predicted octanol–water partition coefficient (Wildman–Crippen LogP) is 4.51. The van der Waals surface area contributed by atoms with Crippen LogP contribution in [0, 0.1) is 5.82 Å². The van der Waals surface area contributed by atoms with Gasteiger partial charge in [-0.1, -0.05) is 30.3 Å². The Labute approximate surface area is 228 Å². The van der Waals surface area contributed by atoms with Gasteiger partial charge in [0, 0.05) is 11.9 Å². The van der Waals surface area contributed by atoms with Crippen LogP contribution in [0.15, 0.2) is 29.4 Å². The fourth-order valence-corrected chi connectivity index (χ4v) is 6.29. The summed E-state index contributed by atoms with van der Waals surface area (Å²) in [5, 5.41) is 14.3. The Hall–Kier alpha value is -3.25. The molecule has 9 nitrogen and oxygen atoms in total. The first kappa shape index (κ1) is 27.8. The van der Waals surface area contributed by atoms with Gasteiger partial charge in [-0.3, -0.25) is 9.59 Å². The number of nitrogens with zero attached hydrogens (tertiary/aromatic N) is 3. The molecule has 38 heavy (non-hydrogen) atoms. The third-order valence-corrected chi connectivity index (χ3v) is 8.58. The number of ether oxygens (including phenoxy) is 1.